The second-order valence-corrected chi connectivity index (χ2v) is 8.28. The number of hydrogen-bond acceptors (Lipinski definition) is 3. The van der Waals surface area contributed by atoms with E-state index in [0.29, 0.717) is 43.6 Å². The summed E-state index contributed by atoms with van der Waals surface area (Å²) in [7, 11) is 0. The van der Waals surface area contributed by atoms with Crippen molar-refractivity contribution >= 4 is 17.4 Å². The minimum atomic E-state index is -4.45. The second-order valence-electron chi connectivity index (χ2n) is 8.28. The molecule has 0 saturated carbocycles. The highest BCUT2D eigenvalue weighted by Gasteiger charge is 2.35. The van der Waals surface area contributed by atoms with E-state index in [1.165, 1.54) is 17.0 Å². The van der Waals surface area contributed by atoms with Gasteiger partial charge in [0.15, 0.2) is 0 Å². The van der Waals surface area contributed by atoms with Crippen LogP contribution in [0.1, 0.15) is 41.5 Å². The molecule has 1 aliphatic heterocycles. The molecule has 2 aromatic carbocycles. The number of nitrogens with zero attached hydrogens (tertiary/aromatic N) is 2. The number of rotatable bonds is 4. The number of hydrogen-bond donors (Lipinski definition) is 2. The summed E-state index contributed by atoms with van der Waals surface area (Å²) in [5.74, 6) is 0. The number of aryl methyl sites for hydroxylation is 1. The SMILES string of the molecule is NC(=O)N(Cc1ccc(C(F)(F)F)c(N2CCCC2)c1)c1cccc2c1C[C@H](O)CC2. The summed E-state index contributed by atoms with van der Waals surface area (Å²) in [6, 6.07) is 8.91. The van der Waals surface area contributed by atoms with Crippen molar-refractivity contribution in [2.45, 2.75) is 50.9 Å². The lowest BCUT2D eigenvalue weighted by atomic mass is 9.88. The van der Waals surface area contributed by atoms with Crippen molar-refractivity contribution in [3.63, 3.8) is 0 Å². The Labute approximate surface area is 179 Å². The molecule has 1 heterocycles. The molecule has 3 N–H and O–H groups in total. The van der Waals surface area contributed by atoms with Gasteiger partial charge in [0.25, 0.3) is 0 Å². The van der Waals surface area contributed by atoms with E-state index in [1.807, 2.05) is 12.1 Å². The zero-order valence-electron chi connectivity index (χ0n) is 17.2. The van der Waals surface area contributed by atoms with Crippen LogP contribution in [0.4, 0.5) is 29.3 Å². The van der Waals surface area contributed by atoms with Gasteiger partial charge < -0.3 is 15.7 Å². The Hall–Kier alpha value is -2.74. The number of fused-ring (bicyclic) bond motifs is 1. The van der Waals surface area contributed by atoms with Crippen LogP contribution in [0.25, 0.3) is 0 Å². The normalized spacial score (nSPS) is 18.7. The number of nitrogens with two attached hydrogens (primary N) is 1. The molecule has 0 aromatic heterocycles. The quantitative estimate of drug-likeness (QED) is 0.758. The van der Waals surface area contributed by atoms with E-state index in [0.717, 1.165) is 30.0 Å². The summed E-state index contributed by atoms with van der Waals surface area (Å²) in [4.78, 5) is 15.5. The predicted molar refractivity (Wildman–Crippen MR) is 113 cm³/mol. The molecule has 2 aliphatic rings. The standard InChI is InChI=1S/C23H26F3N3O2/c24-23(25,26)19-9-6-15(12-21(19)28-10-1-2-11-28)14-29(22(27)31)20-5-3-4-16-7-8-17(30)13-18(16)20/h3-6,9,12,17,30H,1-2,7-8,10-11,13-14H2,(H2,27,31)/t17-/m1/s1. The van der Waals surface area contributed by atoms with Crippen LogP contribution in [0.15, 0.2) is 36.4 Å². The van der Waals surface area contributed by atoms with Crippen molar-refractivity contribution < 1.29 is 23.1 Å². The summed E-state index contributed by atoms with van der Waals surface area (Å²) in [6.07, 6.45) is -1.45. The van der Waals surface area contributed by atoms with Crippen LogP contribution in [-0.2, 0) is 25.6 Å². The average molecular weight is 433 g/mol. The number of amides is 2. The van der Waals surface area contributed by atoms with Gasteiger partial charge in [0.05, 0.1) is 18.2 Å². The smallest absolute Gasteiger partial charge is 0.393 e. The Morgan fingerprint density at radius 1 is 1.19 bits per heavy atom. The molecular formula is C23H26F3N3O2. The lowest BCUT2D eigenvalue weighted by Gasteiger charge is -2.29. The molecule has 0 bridgehead atoms. The summed E-state index contributed by atoms with van der Waals surface area (Å²) in [5.41, 5.74) is 8.26. The van der Waals surface area contributed by atoms with Gasteiger partial charge in [-0.2, -0.15) is 13.2 Å². The van der Waals surface area contributed by atoms with Crippen molar-refractivity contribution in [2.24, 2.45) is 5.73 Å². The molecule has 8 heteroatoms. The van der Waals surface area contributed by atoms with Crippen LogP contribution in [0.3, 0.4) is 0 Å². The van der Waals surface area contributed by atoms with E-state index in [2.05, 4.69) is 0 Å². The van der Waals surface area contributed by atoms with E-state index in [4.69, 9.17) is 5.73 Å². The van der Waals surface area contributed by atoms with Gasteiger partial charge in [0.1, 0.15) is 0 Å². The Balaban J connectivity index is 1.70. The number of aliphatic hydroxyl groups is 1. The largest absolute Gasteiger partial charge is 0.418 e. The lowest BCUT2D eigenvalue weighted by Crippen LogP contribution is -2.37. The Kier molecular flexibility index (Phi) is 5.83. The number of benzene rings is 2. The van der Waals surface area contributed by atoms with E-state index in [1.54, 1.807) is 11.0 Å². The van der Waals surface area contributed by atoms with Gasteiger partial charge in [-0.25, -0.2) is 4.79 Å². The molecule has 166 valence electrons. The van der Waals surface area contributed by atoms with Gasteiger partial charge in [-0.05, 0) is 60.6 Å². The molecule has 1 fully saturated rings. The fourth-order valence-corrected chi connectivity index (χ4v) is 4.60. The van der Waals surface area contributed by atoms with Gasteiger partial charge in [0, 0.05) is 30.9 Å². The minimum Gasteiger partial charge on any atom is -0.393 e. The summed E-state index contributed by atoms with van der Waals surface area (Å²) >= 11 is 0. The number of primary amides is 1. The van der Waals surface area contributed by atoms with E-state index >= 15 is 0 Å². The minimum absolute atomic E-state index is 0.0564. The zero-order chi connectivity index (χ0) is 22.2. The molecule has 2 amide bonds. The summed E-state index contributed by atoms with van der Waals surface area (Å²) < 4.78 is 40.7. The molecular weight excluding hydrogens is 407 g/mol. The molecule has 2 aromatic rings. The molecule has 0 radical (unpaired) electrons. The van der Waals surface area contributed by atoms with Crippen LogP contribution in [0, 0.1) is 0 Å². The van der Waals surface area contributed by atoms with Crippen LogP contribution < -0.4 is 15.5 Å². The summed E-state index contributed by atoms with van der Waals surface area (Å²) in [6.45, 7) is 1.22. The first-order chi connectivity index (χ1) is 14.7. The number of anilines is 2. The maximum atomic E-state index is 13.6. The van der Waals surface area contributed by atoms with E-state index < -0.39 is 23.9 Å². The number of urea groups is 1. The van der Waals surface area contributed by atoms with Crippen LogP contribution in [0.5, 0.6) is 0 Å². The fourth-order valence-electron chi connectivity index (χ4n) is 4.60. The van der Waals surface area contributed by atoms with Gasteiger partial charge >= 0.3 is 12.2 Å². The maximum absolute atomic E-state index is 13.6. The van der Waals surface area contributed by atoms with Crippen LogP contribution >= 0.6 is 0 Å². The third kappa shape index (κ3) is 4.49. The molecule has 31 heavy (non-hydrogen) atoms. The zero-order valence-corrected chi connectivity index (χ0v) is 17.2. The highest BCUT2D eigenvalue weighted by molar-refractivity contribution is 5.91. The number of halogens is 3. The van der Waals surface area contributed by atoms with Crippen LogP contribution in [-0.4, -0.2) is 30.3 Å². The molecule has 1 aliphatic carbocycles. The molecule has 4 rings (SSSR count). The molecule has 1 saturated heterocycles. The Morgan fingerprint density at radius 2 is 1.94 bits per heavy atom. The number of carbonyl (C=O) groups excluding carboxylic acids is 1. The van der Waals surface area contributed by atoms with Gasteiger partial charge in [-0.3, -0.25) is 4.90 Å². The number of aliphatic hydroxyl groups excluding tert-OH is 1. The third-order valence-corrected chi connectivity index (χ3v) is 6.15. The van der Waals surface area contributed by atoms with Gasteiger partial charge in [-0.1, -0.05) is 18.2 Å². The van der Waals surface area contributed by atoms with Gasteiger partial charge in [0.2, 0.25) is 0 Å². The maximum Gasteiger partial charge on any atom is 0.418 e. The third-order valence-electron chi connectivity index (χ3n) is 6.15. The topological polar surface area (TPSA) is 69.8 Å². The first-order valence-electron chi connectivity index (χ1n) is 10.5. The van der Waals surface area contributed by atoms with Crippen molar-refractivity contribution in [1.29, 1.82) is 0 Å². The van der Waals surface area contributed by atoms with Crippen molar-refractivity contribution in [2.75, 3.05) is 22.9 Å². The van der Waals surface area contributed by atoms with E-state index in [-0.39, 0.29) is 12.2 Å². The highest BCUT2D eigenvalue weighted by atomic mass is 19.4. The highest BCUT2D eigenvalue weighted by Crippen LogP contribution is 2.39. The van der Waals surface area contributed by atoms with Crippen molar-refractivity contribution in [3.8, 4) is 0 Å². The average Bonchev–Trinajstić information content (AvgIpc) is 3.25. The van der Waals surface area contributed by atoms with Crippen LogP contribution in [0.2, 0.25) is 0 Å². The molecule has 5 nitrogen and oxygen atoms in total. The first-order valence-corrected chi connectivity index (χ1v) is 10.5. The second kappa shape index (κ2) is 8.42. The first kappa shape index (κ1) is 21.5. The lowest BCUT2D eigenvalue weighted by molar-refractivity contribution is -0.137. The summed E-state index contributed by atoms with van der Waals surface area (Å²) in [5, 5.41) is 10.1. The fraction of sp³-hybridized carbons (Fsp3) is 0.435. The molecule has 0 spiro atoms. The Morgan fingerprint density at radius 3 is 2.61 bits per heavy atom. The van der Waals surface area contributed by atoms with E-state index in [9.17, 15) is 23.1 Å². The number of carbonyl (C=O) groups is 1. The van der Waals surface area contributed by atoms with Crippen molar-refractivity contribution in [1.82, 2.24) is 0 Å². The number of alkyl halides is 3. The predicted octanol–water partition coefficient (Wildman–Crippen LogP) is 4.24. The molecule has 0 unspecified atom stereocenters. The monoisotopic (exact) mass is 433 g/mol. The Bertz CT molecular complexity index is 971. The van der Waals surface area contributed by atoms with Gasteiger partial charge in [-0.15, -0.1) is 0 Å². The molecule has 1 atom stereocenters. The van der Waals surface area contributed by atoms with Crippen molar-refractivity contribution in [3.05, 3.63) is 58.7 Å².